The summed E-state index contributed by atoms with van der Waals surface area (Å²) < 4.78 is 6.34. The van der Waals surface area contributed by atoms with Crippen LogP contribution in [0.15, 0.2) is 27.2 Å². The molecule has 0 fully saturated rings. The van der Waals surface area contributed by atoms with E-state index < -0.39 is 0 Å². The van der Waals surface area contributed by atoms with Crippen LogP contribution >= 0.6 is 15.9 Å². The predicted octanol–water partition coefficient (Wildman–Crippen LogP) is 3.15. The molecule has 0 aliphatic heterocycles. The first-order valence-electron chi connectivity index (χ1n) is 7.12. The Morgan fingerprint density at radius 2 is 2.00 bits per heavy atom. The van der Waals surface area contributed by atoms with Crippen molar-refractivity contribution in [2.24, 2.45) is 5.73 Å². The van der Waals surface area contributed by atoms with Crippen molar-refractivity contribution < 1.29 is 4.52 Å². The number of rotatable bonds is 6. The smallest absolute Gasteiger partial charge is 0.258 e. The van der Waals surface area contributed by atoms with Crippen molar-refractivity contribution in [1.29, 1.82) is 0 Å². The summed E-state index contributed by atoms with van der Waals surface area (Å²) in [6.07, 6.45) is 0. The predicted molar refractivity (Wildman–Crippen MR) is 86.9 cm³/mol. The van der Waals surface area contributed by atoms with Gasteiger partial charge in [-0.05, 0) is 43.8 Å². The van der Waals surface area contributed by atoms with Crippen LogP contribution in [0.2, 0.25) is 0 Å². The van der Waals surface area contributed by atoms with Crippen LogP contribution in [0.3, 0.4) is 0 Å². The van der Waals surface area contributed by atoms with E-state index in [1.54, 1.807) is 0 Å². The molecule has 21 heavy (non-hydrogen) atoms. The number of aryl methyl sites for hydroxylation is 1. The van der Waals surface area contributed by atoms with E-state index in [1.807, 2.05) is 25.1 Å². The summed E-state index contributed by atoms with van der Waals surface area (Å²) in [7, 11) is 0. The van der Waals surface area contributed by atoms with Crippen LogP contribution in [0.1, 0.15) is 31.3 Å². The van der Waals surface area contributed by atoms with Gasteiger partial charge in [-0.25, -0.2) is 0 Å². The lowest BCUT2D eigenvalue weighted by Crippen LogP contribution is -2.32. The van der Waals surface area contributed by atoms with Gasteiger partial charge >= 0.3 is 0 Å². The molecule has 5 nitrogen and oxygen atoms in total. The zero-order valence-electron chi connectivity index (χ0n) is 12.6. The Morgan fingerprint density at radius 3 is 2.62 bits per heavy atom. The van der Waals surface area contributed by atoms with Crippen LogP contribution in [-0.4, -0.2) is 34.7 Å². The van der Waals surface area contributed by atoms with Gasteiger partial charge in [-0.1, -0.05) is 34.9 Å². The molecule has 1 unspecified atom stereocenters. The molecule has 0 radical (unpaired) electrons. The Morgan fingerprint density at radius 1 is 1.29 bits per heavy atom. The van der Waals surface area contributed by atoms with Gasteiger partial charge in [0, 0.05) is 16.6 Å². The first-order valence-corrected chi connectivity index (χ1v) is 7.91. The second kappa shape index (κ2) is 7.15. The molecule has 0 saturated heterocycles. The van der Waals surface area contributed by atoms with Crippen molar-refractivity contribution in [2.75, 3.05) is 19.6 Å². The van der Waals surface area contributed by atoms with Gasteiger partial charge in [0.05, 0.1) is 6.04 Å². The number of hydrogen-bond acceptors (Lipinski definition) is 5. The molecule has 0 aliphatic rings. The van der Waals surface area contributed by atoms with Gasteiger partial charge < -0.3 is 15.2 Å². The van der Waals surface area contributed by atoms with Crippen molar-refractivity contribution >= 4 is 15.9 Å². The molecule has 2 aromatic rings. The summed E-state index contributed by atoms with van der Waals surface area (Å²) in [6.45, 7) is 8.89. The molecule has 0 aliphatic carbocycles. The van der Waals surface area contributed by atoms with Crippen molar-refractivity contribution in [3.05, 3.63) is 34.1 Å². The largest absolute Gasteiger partial charge is 0.334 e. The summed E-state index contributed by atoms with van der Waals surface area (Å²) in [6, 6.07) is 5.76. The van der Waals surface area contributed by atoms with Gasteiger partial charge in [0.1, 0.15) is 0 Å². The minimum atomic E-state index is -0.240. The van der Waals surface area contributed by atoms with E-state index in [1.165, 1.54) is 0 Å². The van der Waals surface area contributed by atoms with Crippen molar-refractivity contribution in [1.82, 2.24) is 15.0 Å². The Balaban J connectivity index is 2.17. The van der Waals surface area contributed by atoms with E-state index >= 15 is 0 Å². The number of hydrogen-bond donors (Lipinski definition) is 1. The van der Waals surface area contributed by atoms with Crippen LogP contribution in [0.4, 0.5) is 0 Å². The Kier molecular flexibility index (Phi) is 5.50. The van der Waals surface area contributed by atoms with Gasteiger partial charge in [0.15, 0.2) is 5.82 Å². The molecule has 1 aromatic carbocycles. The molecular weight excluding hydrogens is 332 g/mol. The molecule has 6 heteroatoms. The van der Waals surface area contributed by atoms with E-state index in [0.717, 1.165) is 35.2 Å². The standard InChI is InChI=1S/C15H21BrN4O/c1-4-20(5-2)9-13(17)14-18-15(21-19-14)11-6-10(3)7-12(16)8-11/h6-8,13H,4-5,9,17H2,1-3H3. The van der Waals surface area contributed by atoms with Crippen molar-refractivity contribution in [3.63, 3.8) is 0 Å². The van der Waals surface area contributed by atoms with Gasteiger partial charge in [-0.3, -0.25) is 0 Å². The quantitative estimate of drug-likeness (QED) is 0.864. The van der Waals surface area contributed by atoms with E-state index in [9.17, 15) is 0 Å². The molecule has 2 rings (SSSR count). The summed E-state index contributed by atoms with van der Waals surface area (Å²) in [4.78, 5) is 6.67. The highest BCUT2D eigenvalue weighted by Gasteiger charge is 2.17. The van der Waals surface area contributed by atoms with Crippen molar-refractivity contribution in [3.8, 4) is 11.5 Å². The highest BCUT2D eigenvalue weighted by molar-refractivity contribution is 9.10. The molecule has 1 heterocycles. The molecular formula is C15H21BrN4O. The molecule has 0 spiro atoms. The molecule has 2 N–H and O–H groups in total. The van der Waals surface area contributed by atoms with Crippen LogP contribution in [0.25, 0.3) is 11.5 Å². The second-order valence-corrected chi connectivity index (χ2v) is 5.98. The Labute approximate surface area is 133 Å². The normalized spacial score (nSPS) is 12.9. The summed E-state index contributed by atoms with van der Waals surface area (Å²) in [5.74, 6) is 1.05. The monoisotopic (exact) mass is 352 g/mol. The van der Waals surface area contributed by atoms with Crippen molar-refractivity contribution in [2.45, 2.75) is 26.8 Å². The highest BCUT2D eigenvalue weighted by atomic mass is 79.9. The molecule has 0 saturated carbocycles. The lowest BCUT2D eigenvalue weighted by molar-refractivity contribution is 0.278. The fourth-order valence-electron chi connectivity index (χ4n) is 2.20. The molecule has 114 valence electrons. The van der Waals surface area contributed by atoms with Gasteiger partial charge in [-0.15, -0.1) is 0 Å². The van der Waals surface area contributed by atoms with Crippen LogP contribution < -0.4 is 5.73 Å². The Bertz CT molecular complexity index is 575. The fraction of sp³-hybridized carbons (Fsp3) is 0.467. The van der Waals surface area contributed by atoms with E-state index in [0.29, 0.717) is 11.7 Å². The minimum absolute atomic E-state index is 0.240. The zero-order valence-corrected chi connectivity index (χ0v) is 14.2. The first-order chi connectivity index (χ1) is 10.0. The number of aromatic nitrogens is 2. The maximum absolute atomic E-state index is 6.16. The third kappa shape index (κ3) is 4.12. The molecule has 1 aromatic heterocycles. The minimum Gasteiger partial charge on any atom is -0.334 e. The lowest BCUT2D eigenvalue weighted by atomic mass is 10.1. The summed E-state index contributed by atoms with van der Waals surface area (Å²) >= 11 is 3.48. The first kappa shape index (κ1) is 16.1. The summed E-state index contributed by atoms with van der Waals surface area (Å²) in [5, 5.41) is 4.02. The SMILES string of the molecule is CCN(CC)CC(N)c1noc(-c2cc(C)cc(Br)c2)n1. The van der Waals surface area contributed by atoms with Crippen LogP contribution in [0, 0.1) is 6.92 Å². The van der Waals surface area contributed by atoms with Crippen LogP contribution in [0.5, 0.6) is 0 Å². The number of benzene rings is 1. The van der Waals surface area contributed by atoms with Gasteiger partial charge in [0.2, 0.25) is 0 Å². The van der Waals surface area contributed by atoms with Gasteiger partial charge in [-0.2, -0.15) is 4.98 Å². The van der Waals surface area contributed by atoms with E-state index in [4.69, 9.17) is 10.3 Å². The third-order valence-electron chi connectivity index (χ3n) is 3.41. The number of halogens is 1. The van der Waals surface area contributed by atoms with E-state index in [-0.39, 0.29) is 6.04 Å². The Hall–Kier alpha value is -1.24. The average molecular weight is 353 g/mol. The summed E-state index contributed by atoms with van der Waals surface area (Å²) in [5.41, 5.74) is 8.19. The number of nitrogens with two attached hydrogens (primary N) is 1. The maximum Gasteiger partial charge on any atom is 0.258 e. The lowest BCUT2D eigenvalue weighted by Gasteiger charge is -2.20. The topological polar surface area (TPSA) is 68.2 Å². The molecule has 0 amide bonds. The maximum atomic E-state index is 6.16. The zero-order chi connectivity index (χ0) is 15.4. The third-order valence-corrected chi connectivity index (χ3v) is 3.87. The second-order valence-electron chi connectivity index (χ2n) is 5.07. The average Bonchev–Trinajstić information content (AvgIpc) is 2.93. The molecule has 0 bridgehead atoms. The van der Waals surface area contributed by atoms with Gasteiger partial charge in [0.25, 0.3) is 5.89 Å². The fourth-order valence-corrected chi connectivity index (χ4v) is 2.81. The van der Waals surface area contributed by atoms with Crippen LogP contribution in [-0.2, 0) is 0 Å². The number of likely N-dealkylation sites (N-methyl/N-ethyl adjacent to an activating group) is 1. The highest BCUT2D eigenvalue weighted by Crippen LogP contribution is 2.24. The number of nitrogens with zero attached hydrogens (tertiary/aromatic N) is 3. The molecule has 1 atom stereocenters. The van der Waals surface area contributed by atoms with E-state index in [2.05, 4.69) is 44.8 Å².